The largest absolute Gasteiger partial charge is 0.507 e. The van der Waals surface area contributed by atoms with Gasteiger partial charge >= 0.3 is 0 Å². The molecule has 0 radical (unpaired) electrons. The van der Waals surface area contributed by atoms with Crippen LogP contribution in [0, 0.1) is 0 Å². The summed E-state index contributed by atoms with van der Waals surface area (Å²) in [6, 6.07) is 11.2. The summed E-state index contributed by atoms with van der Waals surface area (Å²) in [5.74, 6) is -1.37. The van der Waals surface area contributed by atoms with Crippen LogP contribution in [0.4, 0.5) is 0 Å². The zero-order valence-corrected chi connectivity index (χ0v) is 19.0. The Balaban J connectivity index is 2.15. The van der Waals surface area contributed by atoms with E-state index in [2.05, 4.69) is 0 Å². The van der Waals surface area contributed by atoms with E-state index < -0.39 is 17.7 Å². The Morgan fingerprint density at radius 2 is 1.78 bits per heavy atom. The van der Waals surface area contributed by atoms with Gasteiger partial charge in [-0.1, -0.05) is 37.3 Å². The Morgan fingerprint density at radius 1 is 1.09 bits per heavy atom. The summed E-state index contributed by atoms with van der Waals surface area (Å²) < 4.78 is 5.50. The summed E-state index contributed by atoms with van der Waals surface area (Å²) >= 11 is 0. The Hall–Kier alpha value is -3.32. The molecular weight excluding hydrogens is 408 g/mol. The lowest BCUT2D eigenvalue weighted by Crippen LogP contribution is -2.35. The number of ketones is 1. The highest BCUT2D eigenvalue weighted by atomic mass is 16.5. The first-order valence-electron chi connectivity index (χ1n) is 10.8. The second-order valence-corrected chi connectivity index (χ2v) is 8.01. The average molecular weight is 439 g/mol. The number of likely N-dealkylation sites (tertiary alicyclic amines) is 1. The Labute approximate surface area is 188 Å². The predicted molar refractivity (Wildman–Crippen MR) is 123 cm³/mol. The predicted octanol–water partition coefficient (Wildman–Crippen LogP) is 3.34. The number of amides is 1. The number of phenolic OH excluding ortho intramolecular Hbond substituents is 1. The van der Waals surface area contributed by atoms with Crippen LogP contribution in [0.25, 0.3) is 5.76 Å². The molecule has 0 aromatic heterocycles. The number of carbonyl (C=O) groups is 2. The van der Waals surface area contributed by atoms with Gasteiger partial charge in [-0.25, -0.2) is 0 Å². The molecule has 1 atom stereocenters. The second kappa shape index (κ2) is 9.87. The number of aromatic hydroxyl groups is 1. The molecule has 7 heteroatoms. The van der Waals surface area contributed by atoms with Gasteiger partial charge in [0.2, 0.25) is 0 Å². The van der Waals surface area contributed by atoms with Gasteiger partial charge in [-0.3, -0.25) is 9.59 Å². The molecule has 1 saturated heterocycles. The van der Waals surface area contributed by atoms with Crippen LogP contribution in [0.2, 0.25) is 0 Å². The van der Waals surface area contributed by atoms with Gasteiger partial charge in [0.1, 0.15) is 5.76 Å². The van der Waals surface area contributed by atoms with E-state index in [1.165, 1.54) is 11.0 Å². The van der Waals surface area contributed by atoms with Crippen molar-refractivity contribution >= 4 is 17.4 Å². The van der Waals surface area contributed by atoms with Gasteiger partial charge < -0.3 is 24.7 Å². The summed E-state index contributed by atoms with van der Waals surface area (Å²) in [4.78, 5) is 29.4. The van der Waals surface area contributed by atoms with Gasteiger partial charge in [0.05, 0.1) is 18.2 Å². The van der Waals surface area contributed by atoms with Crippen LogP contribution >= 0.6 is 0 Å². The molecule has 1 unspecified atom stereocenters. The highest BCUT2D eigenvalue weighted by Gasteiger charge is 2.46. The number of nitrogens with zero attached hydrogens (tertiary/aromatic N) is 2. The van der Waals surface area contributed by atoms with Crippen molar-refractivity contribution in [3.8, 4) is 11.5 Å². The van der Waals surface area contributed by atoms with Gasteiger partial charge in [0, 0.05) is 18.7 Å². The van der Waals surface area contributed by atoms with E-state index in [9.17, 15) is 19.8 Å². The summed E-state index contributed by atoms with van der Waals surface area (Å²) in [6.45, 7) is 5.03. The Kier molecular flexibility index (Phi) is 7.20. The van der Waals surface area contributed by atoms with E-state index in [-0.39, 0.29) is 22.8 Å². The number of hydrogen-bond acceptors (Lipinski definition) is 6. The molecule has 3 rings (SSSR count). The van der Waals surface area contributed by atoms with E-state index >= 15 is 0 Å². The Morgan fingerprint density at radius 3 is 2.38 bits per heavy atom. The van der Waals surface area contributed by atoms with Gasteiger partial charge in [0.25, 0.3) is 11.7 Å². The number of rotatable bonds is 8. The van der Waals surface area contributed by atoms with Gasteiger partial charge in [-0.2, -0.15) is 0 Å². The highest BCUT2D eigenvalue weighted by molar-refractivity contribution is 6.46. The van der Waals surface area contributed by atoms with Crippen molar-refractivity contribution in [1.82, 2.24) is 9.80 Å². The number of likely N-dealkylation sites (N-methyl/N-ethyl adjacent to an activating group) is 1. The summed E-state index contributed by atoms with van der Waals surface area (Å²) in [5, 5.41) is 21.2. The number of benzene rings is 2. The number of aliphatic hydroxyl groups is 1. The maximum atomic E-state index is 13.1. The smallest absolute Gasteiger partial charge is 0.295 e. The minimum absolute atomic E-state index is 0.0315. The van der Waals surface area contributed by atoms with Crippen LogP contribution in [0.5, 0.6) is 11.5 Å². The number of aryl methyl sites for hydroxylation is 1. The van der Waals surface area contributed by atoms with Crippen LogP contribution in [0.1, 0.15) is 36.6 Å². The third-order valence-electron chi connectivity index (χ3n) is 5.56. The summed E-state index contributed by atoms with van der Waals surface area (Å²) in [6.07, 6.45) is 0.851. The molecular formula is C25H30N2O5. The van der Waals surface area contributed by atoms with Crippen molar-refractivity contribution in [1.29, 1.82) is 0 Å². The minimum atomic E-state index is -0.791. The molecule has 32 heavy (non-hydrogen) atoms. The van der Waals surface area contributed by atoms with Crippen LogP contribution in [0.15, 0.2) is 48.0 Å². The van der Waals surface area contributed by atoms with Crippen molar-refractivity contribution < 1.29 is 24.5 Å². The first-order valence-corrected chi connectivity index (χ1v) is 10.8. The van der Waals surface area contributed by atoms with Crippen LogP contribution < -0.4 is 4.74 Å². The topological polar surface area (TPSA) is 90.3 Å². The first kappa shape index (κ1) is 23.3. The lowest BCUT2D eigenvalue weighted by molar-refractivity contribution is -0.140. The maximum Gasteiger partial charge on any atom is 0.295 e. The minimum Gasteiger partial charge on any atom is -0.507 e. The first-order chi connectivity index (χ1) is 15.3. The van der Waals surface area contributed by atoms with E-state index in [1.807, 2.05) is 38.1 Å². The number of ether oxygens (including phenoxy) is 1. The van der Waals surface area contributed by atoms with Crippen LogP contribution in [-0.2, 0) is 16.0 Å². The van der Waals surface area contributed by atoms with Crippen molar-refractivity contribution in [2.24, 2.45) is 0 Å². The zero-order valence-electron chi connectivity index (χ0n) is 19.0. The lowest BCUT2D eigenvalue weighted by atomic mass is 9.94. The Bertz CT molecular complexity index is 1030. The third-order valence-corrected chi connectivity index (χ3v) is 5.56. The van der Waals surface area contributed by atoms with E-state index in [4.69, 9.17) is 4.74 Å². The fourth-order valence-electron chi connectivity index (χ4n) is 3.79. The van der Waals surface area contributed by atoms with Crippen molar-refractivity contribution in [2.75, 3.05) is 33.8 Å². The molecule has 1 aliphatic rings. The molecule has 1 heterocycles. The number of carbonyl (C=O) groups excluding carboxylic acids is 2. The maximum absolute atomic E-state index is 13.1. The average Bonchev–Trinajstić information content (AvgIpc) is 3.03. The molecule has 170 valence electrons. The van der Waals surface area contributed by atoms with E-state index in [0.29, 0.717) is 30.8 Å². The molecule has 0 bridgehead atoms. The fraction of sp³-hybridized carbons (Fsp3) is 0.360. The second-order valence-electron chi connectivity index (χ2n) is 8.01. The number of phenols is 1. The van der Waals surface area contributed by atoms with Crippen molar-refractivity contribution in [3.05, 3.63) is 64.7 Å². The molecule has 1 aliphatic heterocycles. The third kappa shape index (κ3) is 4.62. The van der Waals surface area contributed by atoms with Gasteiger partial charge in [-0.05, 0) is 50.7 Å². The molecule has 2 N–H and O–H groups in total. The SMILES string of the molecule is CCOc1cc(C2/C(=C(/O)c3ccc(CC)cc3)C(=O)C(=O)N2CCN(C)C)ccc1O. The molecule has 1 fully saturated rings. The molecule has 0 spiro atoms. The van der Waals surface area contributed by atoms with Crippen molar-refractivity contribution in [3.63, 3.8) is 0 Å². The quantitative estimate of drug-likeness (QED) is 0.373. The molecule has 0 saturated carbocycles. The molecule has 0 aliphatic carbocycles. The zero-order chi connectivity index (χ0) is 23.4. The number of Topliss-reactive ketones (excluding diaryl/α,β-unsaturated/α-hetero) is 1. The van der Waals surface area contributed by atoms with Crippen LogP contribution in [0.3, 0.4) is 0 Å². The molecule has 1 amide bonds. The summed E-state index contributed by atoms with van der Waals surface area (Å²) in [5.41, 5.74) is 2.19. The number of aliphatic hydroxyl groups excluding tert-OH is 1. The van der Waals surface area contributed by atoms with Gasteiger partial charge in [-0.15, -0.1) is 0 Å². The van der Waals surface area contributed by atoms with Crippen molar-refractivity contribution in [2.45, 2.75) is 26.3 Å². The highest BCUT2D eigenvalue weighted by Crippen LogP contribution is 2.41. The van der Waals surface area contributed by atoms with E-state index in [1.54, 1.807) is 31.2 Å². The molecule has 7 nitrogen and oxygen atoms in total. The van der Waals surface area contributed by atoms with Crippen LogP contribution in [-0.4, -0.2) is 65.5 Å². The van der Waals surface area contributed by atoms with E-state index in [0.717, 1.165) is 12.0 Å². The molecule has 2 aromatic carbocycles. The standard InChI is InChI=1S/C25H30N2O5/c1-5-16-7-9-17(10-8-16)23(29)21-22(18-11-12-19(28)20(15-18)32-6-2)27(14-13-26(3)4)25(31)24(21)30/h7-12,15,22,28-29H,5-6,13-14H2,1-4H3/b23-21-. The monoisotopic (exact) mass is 438 g/mol. The fourth-order valence-corrected chi connectivity index (χ4v) is 3.79. The molecule has 2 aromatic rings. The normalized spacial score (nSPS) is 17.9. The lowest BCUT2D eigenvalue weighted by Gasteiger charge is -2.27. The summed E-state index contributed by atoms with van der Waals surface area (Å²) in [7, 11) is 3.77. The number of hydrogen-bond donors (Lipinski definition) is 2. The van der Waals surface area contributed by atoms with Gasteiger partial charge in [0.15, 0.2) is 11.5 Å².